The molecule has 0 aromatic heterocycles. The van der Waals surface area contributed by atoms with E-state index in [9.17, 15) is 8.42 Å². The first-order valence-electron chi connectivity index (χ1n) is 6.78. The van der Waals surface area contributed by atoms with E-state index in [1.54, 1.807) is 16.4 Å². The molecule has 0 amide bonds. The van der Waals surface area contributed by atoms with Crippen LogP contribution >= 0.6 is 15.9 Å². The van der Waals surface area contributed by atoms with E-state index in [0.29, 0.717) is 23.2 Å². The molecule has 2 N–H and O–H groups in total. The van der Waals surface area contributed by atoms with Gasteiger partial charge in [0.15, 0.2) is 0 Å². The predicted molar refractivity (Wildman–Crippen MR) is 84.9 cm³/mol. The molecule has 0 radical (unpaired) electrons. The van der Waals surface area contributed by atoms with Crippen molar-refractivity contribution in [3.8, 4) is 0 Å². The monoisotopic (exact) mass is 360 g/mol. The van der Waals surface area contributed by atoms with E-state index >= 15 is 0 Å². The van der Waals surface area contributed by atoms with Gasteiger partial charge >= 0.3 is 0 Å². The zero-order chi connectivity index (χ0) is 15.0. The SMILES string of the molecule is CC1(C)CCCN(S(=O)(=O)c2cc(N)ccc2Br)CC1. The molecule has 1 fully saturated rings. The number of anilines is 1. The Kier molecular flexibility index (Phi) is 4.47. The van der Waals surface area contributed by atoms with Crippen molar-refractivity contribution in [1.29, 1.82) is 0 Å². The zero-order valence-corrected chi connectivity index (χ0v) is 14.3. The maximum absolute atomic E-state index is 12.8. The summed E-state index contributed by atoms with van der Waals surface area (Å²) in [5, 5.41) is 0. The first kappa shape index (κ1) is 15.8. The second kappa shape index (κ2) is 5.66. The highest BCUT2D eigenvalue weighted by molar-refractivity contribution is 9.10. The van der Waals surface area contributed by atoms with Gasteiger partial charge in [-0.1, -0.05) is 13.8 Å². The molecule has 2 rings (SSSR count). The predicted octanol–water partition coefficient (Wildman–Crippen LogP) is 3.23. The molecule has 1 aliphatic rings. The maximum atomic E-state index is 12.8. The highest BCUT2D eigenvalue weighted by atomic mass is 79.9. The minimum atomic E-state index is -3.48. The molecule has 1 saturated heterocycles. The van der Waals surface area contributed by atoms with E-state index in [1.807, 2.05) is 0 Å². The van der Waals surface area contributed by atoms with Crippen LogP contribution in [0.15, 0.2) is 27.6 Å². The van der Waals surface area contributed by atoms with Crippen LogP contribution in [0.5, 0.6) is 0 Å². The highest BCUT2D eigenvalue weighted by Crippen LogP contribution is 2.33. The number of rotatable bonds is 2. The van der Waals surface area contributed by atoms with E-state index in [-0.39, 0.29) is 10.3 Å². The lowest BCUT2D eigenvalue weighted by Crippen LogP contribution is -2.32. The molecule has 1 aliphatic heterocycles. The van der Waals surface area contributed by atoms with Crippen molar-refractivity contribution in [3.63, 3.8) is 0 Å². The fraction of sp³-hybridized carbons (Fsp3) is 0.571. The van der Waals surface area contributed by atoms with Gasteiger partial charge in [-0.2, -0.15) is 4.31 Å². The number of benzene rings is 1. The first-order valence-corrected chi connectivity index (χ1v) is 9.01. The van der Waals surface area contributed by atoms with Crippen LogP contribution in [0.25, 0.3) is 0 Å². The van der Waals surface area contributed by atoms with E-state index < -0.39 is 10.0 Å². The molecule has 0 saturated carbocycles. The lowest BCUT2D eigenvalue weighted by atomic mass is 9.85. The molecule has 1 aromatic rings. The summed E-state index contributed by atoms with van der Waals surface area (Å²) in [6, 6.07) is 4.90. The number of hydrogen-bond donors (Lipinski definition) is 1. The number of nitrogen functional groups attached to an aromatic ring is 1. The number of sulfonamides is 1. The van der Waals surface area contributed by atoms with Crippen molar-refractivity contribution >= 4 is 31.6 Å². The average Bonchev–Trinajstić information content (AvgIpc) is 2.53. The Labute approximate surface area is 129 Å². The third-order valence-electron chi connectivity index (χ3n) is 3.87. The van der Waals surface area contributed by atoms with Gasteiger partial charge in [0, 0.05) is 23.2 Å². The van der Waals surface area contributed by atoms with Gasteiger partial charge in [0.2, 0.25) is 10.0 Å². The van der Waals surface area contributed by atoms with Crippen molar-refractivity contribution in [2.45, 2.75) is 38.0 Å². The molecule has 1 heterocycles. The van der Waals surface area contributed by atoms with Crippen molar-refractivity contribution in [2.24, 2.45) is 5.41 Å². The molecule has 1 aromatic carbocycles. The summed E-state index contributed by atoms with van der Waals surface area (Å²) in [4.78, 5) is 0.261. The summed E-state index contributed by atoms with van der Waals surface area (Å²) in [6.07, 6.45) is 2.83. The number of hydrogen-bond acceptors (Lipinski definition) is 3. The maximum Gasteiger partial charge on any atom is 0.244 e. The number of halogens is 1. The second-order valence-electron chi connectivity index (χ2n) is 6.11. The van der Waals surface area contributed by atoms with Gasteiger partial charge in [0.25, 0.3) is 0 Å². The Hall–Kier alpha value is -0.590. The summed E-state index contributed by atoms with van der Waals surface area (Å²) < 4.78 is 27.7. The van der Waals surface area contributed by atoms with Gasteiger partial charge in [-0.15, -0.1) is 0 Å². The minimum Gasteiger partial charge on any atom is -0.399 e. The van der Waals surface area contributed by atoms with E-state index in [1.165, 1.54) is 6.07 Å². The Bertz CT molecular complexity index is 599. The van der Waals surface area contributed by atoms with Crippen molar-refractivity contribution in [3.05, 3.63) is 22.7 Å². The standard InChI is InChI=1S/C14H21BrN2O2S/c1-14(2)6-3-8-17(9-7-14)20(18,19)13-10-11(16)4-5-12(13)15/h4-5,10H,3,6-9,16H2,1-2H3. The van der Waals surface area contributed by atoms with Crippen molar-refractivity contribution < 1.29 is 8.42 Å². The summed E-state index contributed by atoms with van der Waals surface area (Å²) in [6.45, 7) is 5.53. The van der Waals surface area contributed by atoms with E-state index in [0.717, 1.165) is 19.3 Å². The average molecular weight is 361 g/mol. The Balaban J connectivity index is 2.33. The summed E-state index contributed by atoms with van der Waals surface area (Å²) in [5.41, 5.74) is 6.39. The largest absolute Gasteiger partial charge is 0.399 e. The van der Waals surface area contributed by atoms with Crippen molar-refractivity contribution in [1.82, 2.24) is 4.31 Å². The molecule has 20 heavy (non-hydrogen) atoms. The summed E-state index contributed by atoms with van der Waals surface area (Å²) >= 11 is 3.31. The van der Waals surface area contributed by atoms with Gasteiger partial charge in [0.1, 0.15) is 0 Å². The smallest absolute Gasteiger partial charge is 0.244 e. The highest BCUT2D eigenvalue weighted by Gasteiger charge is 2.31. The van der Waals surface area contributed by atoms with Crippen LogP contribution in [0, 0.1) is 5.41 Å². The fourth-order valence-corrected chi connectivity index (χ4v) is 4.93. The van der Waals surface area contributed by atoms with Crippen LogP contribution in [-0.2, 0) is 10.0 Å². The van der Waals surface area contributed by atoms with Crippen LogP contribution < -0.4 is 5.73 Å². The van der Waals surface area contributed by atoms with Gasteiger partial charge < -0.3 is 5.73 Å². The normalized spacial score (nSPS) is 20.6. The molecule has 112 valence electrons. The lowest BCUT2D eigenvalue weighted by molar-refractivity contribution is 0.315. The zero-order valence-electron chi connectivity index (χ0n) is 11.9. The Morgan fingerprint density at radius 3 is 2.65 bits per heavy atom. The van der Waals surface area contributed by atoms with Crippen LogP contribution in [0.3, 0.4) is 0 Å². The summed E-state index contributed by atoms with van der Waals surface area (Å²) in [5.74, 6) is 0. The fourth-order valence-electron chi connectivity index (χ4n) is 2.50. The van der Waals surface area contributed by atoms with Crippen molar-refractivity contribution in [2.75, 3.05) is 18.8 Å². The third-order valence-corrected chi connectivity index (χ3v) is 6.76. The molecular weight excluding hydrogens is 340 g/mol. The van der Waals surface area contributed by atoms with E-state index in [4.69, 9.17) is 5.73 Å². The topological polar surface area (TPSA) is 63.4 Å². The van der Waals surface area contributed by atoms with E-state index in [2.05, 4.69) is 29.8 Å². The molecule has 0 aliphatic carbocycles. The third kappa shape index (κ3) is 3.35. The van der Waals surface area contributed by atoms with Gasteiger partial charge in [0.05, 0.1) is 4.90 Å². The lowest BCUT2D eigenvalue weighted by Gasteiger charge is -2.23. The van der Waals surface area contributed by atoms with Gasteiger partial charge in [-0.05, 0) is 58.8 Å². The number of nitrogens with two attached hydrogens (primary N) is 1. The Morgan fingerprint density at radius 1 is 1.25 bits per heavy atom. The van der Waals surface area contributed by atoms with Gasteiger partial charge in [-0.3, -0.25) is 0 Å². The first-order chi connectivity index (χ1) is 9.22. The molecule has 0 bridgehead atoms. The summed E-state index contributed by atoms with van der Waals surface area (Å²) in [7, 11) is -3.48. The van der Waals surface area contributed by atoms with Crippen LogP contribution in [0.1, 0.15) is 33.1 Å². The number of nitrogens with zero attached hydrogens (tertiary/aromatic N) is 1. The quantitative estimate of drug-likeness (QED) is 0.823. The van der Waals surface area contributed by atoms with Crippen LogP contribution in [-0.4, -0.2) is 25.8 Å². The molecular formula is C14H21BrN2O2S. The second-order valence-corrected chi connectivity index (χ2v) is 8.87. The molecule has 0 unspecified atom stereocenters. The molecule has 4 nitrogen and oxygen atoms in total. The van der Waals surface area contributed by atoms with Crippen LogP contribution in [0.2, 0.25) is 0 Å². The van der Waals surface area contributed by atoms with Crippen LogP contribution in [0.4, 0.5) is 5.69 Å². The Morgan fingerprint density at radius 2 is 1.95 bits per heavy atom. The molecule has 0 atom stereocenters. The molecule has 6 heteroatoms. The molecule has 0 spiro atoms. The minimum absolute atomic E-state index is 0.206. The van der Waals surface area contributed by atoms with Gasteiger partial charge in [-0.25, -0.2) is 8.42 Å².